The van der Waals surface area contributed by atoms with Crippen molar-refractivity contribution in [3.8, 4) is 0 Å². The van der Waals surface area contributed by atoms with Gasteiger partial charge in [0.1, 0.15) is 30.5 Å². The molecule has 1 aliphatic carbocycles. The van der Waals surface area contributed by atoms with Gasteiger partial charge in [0, 0.05) is 135 Å². The van der Waals surface area contributed by atoms with E-state index in [-0.39, 0.29) is 43.6 Å². The Morgan fingerprint density at radius 1 is 0.818 bits per heavy atom. The number of nitrogens with zero attached hydrogens (tertiary/aromatic N) is 5. The second-order valence-electron chi connectivity index (χ2n) is 25.2. The maximum atomic E-state index is 14.8. The largest absolute Gasteiger partial charge is 0.459 e. The van der Waals surface area contributed by atoms with Crippen LogP contribution < -0.4 is 16.0 Å². The Morgan fingerprint density at radius 2 is 1.55 bits per heavy atom. The number of amides is 2. The molecule has 0 radical (unpaired) electrons. The van der Waals surface area contributed by atoms with E-state index in [0.29, 0.717) is 75.7 Å². The summed E-state index contributed by atoms with van der Waals surface area (Å²) in [6, 6.07) is -1.96. The van der Waals surface area contributed by atoms with E-state index in [4.69, 9.17) is 43.6 Å². The van der Waals surface area contributed by atoms with Gasteiger partial charge < -0.3 is 69.0 Å². The van der Waals surface area contributed by atoms with E-state index in [1.165, 1.54) is 19.1 Å². The second kappa shape index (κ2) is 35.6. The van der Waals surface area contributed by atoms with Crippen molar-refractivity contribution in [2.45, 2.75) is 205 Å². The summed E-state index contributed by atoms with van der Waals surface area (Å²) in [5, 5.41) is 26.7. The number of Topliss-reactive ketones (excluding diaryl/α,β-unsaturated/α-hetero) is 2. The fourth-order valence-corrected chi connectivity index (χ4v) is 13.0. The summed E-state index contributed by atoms with van der Waals surface area (Å²) >= 11 is 0. The highest BCUT2D eigenvalue weighted by Crippen LogP contribution is 2.38. The first-order chi connectivity index (χ1) is 42.1. The van der Waals surface area contributed by atoms with Gasteiger partial charge in [0.05, 0.1) is 31.0 Å². The summed E-state index contributed by atoms with van der Waals surface area (Å²) in [5.41, 5.74) is 9.27. The molecule has 22 nitrogen and oxygen atoms in total. The number of nitrogens with two attached hydrogens (primary N) is 1. The average Bonchev–Trinajstić information content (AvgIpc) is 2.96. The number of aliphatic hydroxyl groups is 2. The van der Waals surface area contributed by atoms with Crippen LogP contribution in [0.15, 0.2) is 60.0 Å². The van der Waals surface area contributed by atoms with Crippen LogP contribution in [0.3, 0.4) is 0 Å². The Balaban J connectivity index is 1.17. The van der Waals surface area contributed by atoms with Gasteiger partial charge in [-0.15, -0.1) is 0 Å². The number of anilines is 1. The number of aliphatic hydroxyl groups excluding tert-OH is 1. The molecule has 1 saturated carbocycles. The van der Waals surface area contributed by atoms with Crippen LogP contribution in [0.4, 0.5) is 10.7 Å². The summed E-state index contributed by atoms with van der Waals surface area (Å²) < 4.78 is 48.0. The van der Waals surface area contributed by atoms with Gasteiger partial charge in [0.2, 0.25) is 11.7 Å². The van der Waals surface area contributed by atoms with Crippen molar-refractivity contribution in [2.75, 3.05) is 85.8 Å². The van der Waals surface area contributed by atoms with Crippen molar-refractivity contribution >= 4 is 35.5 Å². The summed E-state index contributed by atoms with van der Waals surface area (Å²) in [7, 11) is 6.10. The molecule has 5 N–H and O–H groups in total. The van der Waals surface area contributed by atoms with Crippen LogP contribution in [-0.2, 0) is 63.6 Å². The molecule has 0 unspecified atom stereocenters. The number of nitrogens with one attached hydrogen (secondary N) is 1. The number of piperidine rings is 1. The van der Waals surface area contributed by atoms with Crippen molar-refractivity contribution < 1.29 is 72.1 Å². The minimum absolute atomic E-state index is 0.0126. The van der Waals surface area contributed by atoms with Gasteiger partial charge in [-0.25, -0.2) is 19.6 Å². The van der Waals surface area contributed by atoms with E-state index in [2.05, 4.69) is 32.0 Å². The SMILES string of the molecule is CCCOCCN1CCN(c2ncc(CNC(=O)O[C@@H]3CC[C@@H](C[C@@H](N)[C@@H]4C[C@@H](OC)[C@H](C)/C=C(\C)[C@@H](O)[C@@H](OC)C(=O)[C@H](C)C[C@H](C)/C=C/C=C/C=C(\C)[C@@H](OC)C[C@@H]5CC[C@@H](C)[C@@](O)(O5)C(=O)C(=O)N5CCCC[C@H]5C(=O)O4)C[C@H]3OC)cn2)CC1. The van der Waals surface area contributed by atoms with Crippen LogP contribution >= 0.6 is 0 Å². The number of esters is 1. The molecule has 2 amide bonds. The molecule has 1 aromatic heterocycles. The van der Waals surface area contributed by atoms with Gasteiger partial charge in [-0.3, -0.25) is 19.3 Å². The van der Waals surface area contributed by atoms with Crippen molar-refractivity contribution in [2.24, 2.45) is 35.3 Å². The molecule has 4 aliphatic heterocycles. The van der Waals surface area contributed by atoms with Gasteiger partial charge in [0.25, 0.3) is 11.7 Å². The lowest BCUT2D eigenvalue weighted by Gasteiger charge is -2.43. The first-order valence-corrected chi connectivity index (χ1v) is 32.2. The number of carbonyl (C=O) groups excluding carboxylic acids is 5. The number of allylic oxidation sites excluding steroid dienone is 5. The Labute approximate surface area is 522 Å². The number of hydrogen-bond acceptors (Lipinski definition) is 20. The minimum atomic E-state index is -2.46. The molecule has 0 aromatic carbocycles. The standard InChI is InChI=1S/C66H105N7O15/c1-12-31-85-32-30-71-26-28-72(29-27-71)64-68-39-49(40-69-64)41-70-65(79)87-53-24-22-48(36-57(53)83-10)35-51(67)56-38-55(82-9)44(4)34-46(6)59(75)60(84-11)58(74)45(5)33-42(2)18-14-13-15-19-43(3)54(81-8)37-50-23-21-47(7)66(80,88-50)61(76)62(77)73-25-17-16-20-52(73)63(78)86-56/h13-15,18-19,34,39-40,42,44-45,47-48,50-57,59-60,75,80H,12,16-17,20-33,35-38,41,67H2,1-11H3,(H,70,79)/b15-13+,18-14+,43-19+,46-34+/t42-,44-,45-,47-,48+,50+,51-,52+,53-,54+,55-,56+,57-,59-,60+,66-/m1/s1. The quantitative estimate of drug-likeness (QED) is 0.0588. The lowest BCUT2D eigenvalue weighted by atomic mass is 9.80. The van der Waals surface area contributed by atoms with Crippen LogP contribution in [0.5, 0.6) is 0 Å². The molecule has 494 valence electrons. The predicted molar refractivity (Wildman–Crippen MR) is 333 cm³/mol. The van der Waals surface area contributed by atoms with Crippen LogP contribution in [0, 0.1) is 29.6 Å². The number of ketones is 2. The second-order valence-corrected chi connectivity index (χ2v) is 25.2. The zero-order valence-electron chi connectivity index (χ0n) is 54.4. The van der Waals surface area contributed by atoms with Crippen molar-refractivity contribution in [1.82, 2.24) is 25.1 Å². The van der Waals surface area contributed by atoms with Crippen LogP contribution in [0.25, 0.3) is 0 Å². The van der Waals surface area contributed by atoms with Gasteiger partial charge in [0.15, 0.2) is 5.78 Å². The van der Waals surface area contributed by atoms with Crippen molar-refractivity contribution in [1.29, 1.82) is 0 Å². The Morgan fingerprint density at radius 3 is 2.23 bits per heavy atom. The fraction of sp³-hybridized carbons (Fsp3) is 0.742. The normalized spacial score (nSPS) is 34.9. The predicted octanol–water partition coefficient (Wildman–Crippen LogP) is 6.59. The Kier molecular flexibility index (Phi) is 29.1. The van der Waals surface area contributed by atoms with Crippen LogP contribution in [0.2, 0.25) is 0 Å². The summed E-state index contributed by atoms with van der Waals surface area (Å²) in [6.07, 6.45) is 14.1. The highest BCUT2D eigenvalue weighted by molar-refractivity contribution is 6.39. The van der Waals surface area contributed by atoms with E-state index < -0.39 is 108 Å². The summed E-state index contributed by atoms with van der Waals surface area (Å²) in [5.74, 6) is -6.63. The first kappa shape index (κ1) is 72.1. The number of cyclic esters (lactones) is 1. The topological polar surface area (TPSA) is 273 Å². The molecule has 4 fully saturated rings. The zero-order valence-corrected chi connectivity index (χ0v) is 54.4. The van der Waals surface area contributed by atoms with E-state index in [0.717, 1.165) is 63.5 Å². The van der Waals surface area contributed by atoms with Gasteiger partial charge in [-0.05, 0) is 107 Å². The number of fused-ring (bicyclic) bond motifs is 3. The Bertz CT molecular complexity index is 2510. The molecule has 2 bridgehead atoms. The highest BCUT2D eigenvalue weighted by atomic mass is 16.6. The molecule has 1 aromatic rings. The highest BCUT2D eigenvalue weighted by Gasteiger charge is 2.53. The van der Waals surface area contributed by atoms with E-state index in [1.54, 1.807) is 40.5 Å². The number of rotatable bonds is 16. The molecule has 3 saturated heterocycles. The summed E-state index contributed by atoms with van der Waals surface area (Å²) in [6.45, 7) is 19.2. The molecule has 88 heavy (non-hydrogen) atoms. The number of ether oxygens (including phenoxy) is 8. The third kappa shape index (κ3) is 20.2. The number of aromatic nitrogens is 2. The lowest BCUT2D eigenvalue weighted by molar-refractivity contribution is -0.265. The molecular formula is C66H105N7O15. The van der Waals surface area contributed by atoms with Gasteiger partial charge in [-0.2, -0.15) is 0 Å². The van der Waals surface area contributed by atoms with Crippen LogP contribution in [0.1, 0.15) is 138 Å². The molecule has 16 atom stereocenters. The van der Waals surface area contributed by atoms with E-state index in [1.807, 2.05) is 64.2 Å². The van der Waals surface area contributed by atoms with E-state index >= 15 is 0 Å². The summed E-state index contributed by atoms with van der Waals surface area (Å²) in [4.78, 5) is 86.0. The molecule has 6 rings (SSSR count). The maximum Gasteiger partial charge on any atom is 0.407 e. The van der Waals surface area contributed by atoms with Gasteiger partial charge in [-0.1, -0.05) is 71.1 Å². The molecule has 22 heteroatoms. The van der Waals surface area contributed by atoms with Crippen LogP contribution in [-0.4, -0.2) is 207 Å². The smallest absolute Gasteiger partial charge is 0.407 e. The molecule has 5 heterocycles. The maximum absolute atomic E-state index is 14.8. The first-order valence-electron chi connectivity index (χ1n) is 32.2. The van der Waals surface area contributed by atoms with Crippen molar-refractivity contribution in [3.63, 3.8) is 0 Å². The lowest BCUT2D eigenvalue weighted by Crippen LogP contribution is -2.61. The minimum Gasteiger partial charge on any atom is -0.459 e. The zero-order chi connectivity index (χ0) is 64.1. The van der Waals surface area contributed by atoms with E-state index in [9.17, 15) is 34.2 Å². The number of carbonyl (C=O) groups is 5. The Hall–Kier alpha value is -5.01. The third-order valence-corrected chi connectivity index (χ3v) is 18.6. The third-order valence-electron chi connectivity index (χ3n) is 18.6. The molecule has 5 aliphatic rings. The van der Waals surface area contributed by atoms with Gasteiger partial charge >= 0.3 is 12.1 Å². The number of hydrogen-bond donors (Lipinski definition) is 4. The number of piperazine rings is 1. The fourth-order valence-electron chi connectivity index (χ4n) is 13.0. The number of alkyl carbamates (subject to hydrolysis) is 1. The van der Waals surface area contributed by atoms with Crippen molar-refractivity contribution in [3.05, 3.63) is 65.6 Å². The molecular weight excluding hydrogens is 1130 g/mol. The monoisotopic (exact) mass is 1240 g/mol. The number of methoxy groups -OCH3 is 4. The average molecular weight is 1240 g/mol. The molecule has 0 spiro atoms.